The summed E-state index contributed by atoms with van der Waals surface area (Å²) in [7, 11) is 0. The average molecular weight is 303 g/mol. The van der Waals surface area contributed by atoms with Gasteiger partial charge < -0.3 is 5.32 Å². The molecule has 3 heteroatoms. The second-order valence-corrected chi connectivity index (χ2v) is 6.41. The van der Waals surface area contributed by atoms with Crippen LogP contribution in [0.25, 0.3) is 0 Å². The molecule has 0 saturated heterocycles. The Bertz CT molecular complexity index is 590. The summed E-state index contributed by atoms with van der Waals surface area (Å²) < 4.78 is 13.7. The van der Waals surface area contributed by atoms with Gasteiger partial charge in [-0.15, -0.1) is 11.8 Å². The Hall–Kier alpha value is -1.32. The number of thioether (sulfide) groups is 1. The molecule has 2 rings (SSSR count). The second-order valence-electron chi connectivity index (χ2n) is 5.36. The zero-order valence-electron chi connectivity index (χ0n) is 12.9. The average Bonchev–Trinajstić information content (AvgIpc) is 2.41. The minimum Gasteiger partial charge on any atom is -0.313 e. The number of hydrogen-bond donors (Lipinski definition) is 1. The molecule has 0 aliphatic heterocycles. The van der Waals surface area contributed by atoms with E-state index in [1.807, 2.05) is 0 Å². The summed E-state index contributed by atoms with van der Waals surface area (Å²) in [5, 5.41) is 3.23. The predicted octanol–water partition coefficient (Wildman–Crippen LogP) is 4.84. The zero-order chi connectivity index (χ0) is 15.2. The van der Waals surface area contributed by atoms with Crippen molar-refractivity contribution in [1.82, 2.24) is 5.32 Å². The molecule has 0 aromatic heterocycles. The fourth-order valence-electron chi connectivity index (χ4n) is 2.39. The summed E-state index contributed by atoms with van der Waals surface area (Å²) >= 11 is 1.68. The number of hydrogen-bond acceptors (Lipinski definition) is 2. The first-order valence-electron chi connectivity index (χ1n) is 7.27. The number of benzene rings is 2. The molecule has 112 valence electrons. The number of nitrogens with one attached hydrogen (secondary N) is 1. The van der Waals surface area contributed by atoms with Crippen molar-refractivity contribution >= 4 is 11.8 Å². The molecule has 0 bridgehead atoms. The van der Waals surface area contributed by atoms with E-state index >= 15 is 0 Å². The van der Waals surface area contributed by atoms with Crippen molar-refractivity contribution in [3.05, 3.63) is 64.5 Å². The molecule has 0 aliphatic rings. The highest BCUT2D eigenvalue weighted by Crippen LogP contribution is 2.25. The molecule has 1 N–H and O–H groups in total. The predicted molar refractivity (Wildman–Crippen MR) is 89.3 cm³/mol. The van der Waals surface area contributed by atoms with Gasteiger partial charge in [-0.2, -0.15) is 0 Å². The van der Waals surface area contributed by atoms with Gasteiger partial charge in [0.25, 0.3) is 0 Å². The summed E-state index contributed by atoms with van der Waals surface area (Å²) in [5.41, 5.74) is 4.84. The van der Waals surface area contributed by atoms with Crippen molar-refractivity contribution in [2.75, 3.05) is 6.54 Å². The van der Waals surface area contributed by atoms with Crippen LogP contribution in [0.4, 0.5) is 4.39 Å². The van der Waals surface area contributed by atoms with Crippen LogP contribution in [-0.4, -0.2) is 6.54 Å². The van der Waals surface area contributed by atoms with E-state index in [2.05, 4.69) is 50.4 Å². The van der Waals surface area contributed by atoms with Crippen molar-refractivity contribution in [3.8, 4) is 0 Å². The first-order valence-corrected chi connectivity index (χ1v) is 8.25. The SMILES string of the molecule is CCNCc1cc(F)cc(SCc2cc(C)cc(C)c2)c1. The molecular weight excluding hydrogens is 281 g/mol. The van der Waals surface area contributed by atoms with Gasteiger partial charge in [-0.1, -0.05) is 36.2 Å². The van der Waals surface area contributed by atoms with E-state index in [4.69, 9.17) is 0 Å². The molecule has 0 atom stereocenters. The molecule has 0 amide bonds. The monoisotopic (exact) mass is 303 g/mol. The maximum Gasteiger partial charge on any atom is 0.124 e. The van der Waals surface area contributed by atoms with E-state index < -0.39 is 0 Å². The van der Waals surface area contributed by atoms with E-state index in [1.54, 1.807) is 23.9 Å². The van der Waals surface area contributed by atoms with E-state index in [0.29, 0.717) is 6.54 Å². The molecule has 0 saturated carbocycles. The van der Waals surface area contributed by atoms with Crippen molar-refractivity contribution in [3.63, 3.8) is 0 Å². The number of aryl methyl sites for hydroxylation is 2. The van der Waals surface area contributed by atoms with Gasteiger partial charge in [0.05, 0.1) is 0 Å². The highest BCUT2D eigenvalue weighted by Gasteiger charge is 2.03. The lowest BCUT2D eigenvalue weighted by atomic mass is 10.1. The van der Waals surface area contributed by atoms with Gasteiger partial charge in [-0.05, 0) is 49.7 Å². The minimum atomic E-state index is -0.159. The van der Waals surface area contributed by atoms with Crippen LogP contribution in [0.15, 0.2) is 41.3 Å². The lowest BCUT2D eigenvalue weighted by Crippen LogP contribution is -2.11. The van der Waals surface area contributed by atoms with Crippen LogP contribution >= 0.6 is 11.8 Å². The Labute approximate surface area is 131 Å². The van der Waals surface area contributed by atoms with Gasteiger partial charge in [-0.3, -0.25) is 0 Å². The molecule has 1 nitrogen and oxygen atoms in total. The van der Waals surface area contributed by atoms with Gasteiger partial charge in [0, 0.05) is 17.2 Å². The van der Waals surface area contributed by atoms with Crippen LogP contribution in [0.2, 0.25) is 0 Å². The van der Waals surface area contributed by atoms with E-state index in [0.717, 1.165) is 22.8 Å². The first-order chi connectivity index (χ1) is 10.1. The normalized spacial score (nSPS) is 10.9. The van der Waals surface area contributed by atoms with Crippen LogP contribution in [0.5, 0.6) is 0 Å². The summed E-state index contributed by atoms with van der Waals surface area (Å²) in [6.07, 6.45) is 0. The first kappa shape index (κ1) is 16.1. The number of rotatable bonds is 6. The third kappa shape index (κ3) is 5.18. The fourth-order valence-corrected chi connectivity index (χ4v) is 3.33. The Kier molecular flexibility index (Phi) is 5.83. The maximum absolute atomic E-state index is 13.7. The molecule has 2 aromatic rings. The third-order valence-corrected chi connectivity index (χ3v) is 4.24. The molecule has 21 heavy (non-hydrogen) atoms. The standard InChI is InChI=1S/C18H22FNS/c1-4-20-11-15-8-17(19)10-18(9-15)21-12-16-6-13(2)5-14(3)7-16/h5-10,20H,4,11-12H2,1-3H3. The molecule has 2 aromatic carbocycles. The Morgan fingerprint density at radius 2 is 1.67 bits per heavy atom. The Morgan fingerprint density at radius 1 is 0.952 bits per heavy atom. The van der Waals surface area contributed by atoms with Gasteiger partial charge in [0.1, 0.15) is 5.82 Å². The van der Waals surface area contributed by atoms with Crippen molar-refractivity contribution in [2.45, 2.75) is 38.0 Å². The molecule has 0 heterocycles. The smallest absolute Gasteiger partial charge is 0.124 e. The maximum atomic E-state index is 13.7. The highest BCUT2D eigenvalue weighted by atomic mass is 32.2. The molecule has 0 aliphatic carbocycles. The zero-order valence-corrected chi connectivity index (χ0v) is 13.7. The lowest BCUT2D eigenvalue weighted by Gasteiger charge is -2.08. The van der Waals surface area contributed by atoms with Crippen LogP contribution < -0.4 is 5.32 Å². The van der Waals surface area contributed by atoms with E-state index in [1.165, 1.54) is 16.7 Å². The third-order valence-electron chi connectivity index (χ3n) is 3.20. The molecule has 0 spiro atoms. The largest absolute Gasteiger partial charge is 0.313 e. The topological polar surface area (TPSA) is 12.0 Å². The highest BCUT2D eigenvalue weighted by molar-refractivity contribution is 7.98. The summed E-state index contributed by atoms with van der Waals surface area (Å²) in [6, 6.07) is 11.8. The molecule has 0 radical (unpaired) electrons. The fraction of sp³-hybridized carbons (Fsp3) is 0.333. The quantitative estimate of drug-likeness (QED) is 0.766. The van der Waals surface area contributed by atoms with Crippen molar-refractivity contribution in [2.24, 2.45) is 0 Å². The second kappa shape index (κ2) is 7.62. The summed E-state index contributed by atoms with van der Waals surface area (Å²) in [4.78, 5) is 0.988. The molecular formula is C18H22FNS. The van der Waals surface area contributed by atoms with Crippen LogP contribution in [0.3, 0.4) is 0 Å². The lowest BCUT2D eigenvalue weighted by molar-refractivity contribution is 0.617. The van der Waals surface area contributed by atoms with Crippen LogP contribution in [-0.2, 0) is 12.3 Å². The summed E-state index contributed by atoms with van der Waals surface area (Å²) in [5.74, 6) is 0.709. The van der Waals surface area contributed by atoms with Gasteiger partial charge in [0.15, 0.2) is 0 Å². The molecule has 0 fully saturated rings. The minimum absolute atomic E-state index is 0.159. The van der Waals surface area contributed by atoms with Crippen molar-refractivity contribution in [1.29, 1.82) is 0 Å². The van der Waals surface area contributed by atoms with Gasteiger partial charge in [0.2, 0.25) is 0 Å². The van der Waals surface area contributed by atoms with Crippen LogP contribution in [0.1, 0.15) is 29.2 Å². The Balaban J connectivity index is 2.06. The number of halogens is 1. The van der Waals surface area contributed by atoms with Gasteiger partial charge >= 0.3 is 0 Å². The van der Waals surface area contributed by atoms with E-state index in [-0.39, 0.29) is 5.82 Å². The molecule has 0 unspecified atom stereocenters. The van der Waals surface area contributed by atoms with Gasteiger partial charge in [-0.25, -0.2) is 4.39 Å². The Morgan fingerprint density at radius 3 is 2.33 bits per heavy atom. The van der Waals surface area contributed by atoms with E-state index in [9.17, 15) is 4.39 Å². The van der Waals surface area contributed by atoms with Crippen LogP contribution in [0, 0.1) is 19.7 Å². The van der Waals surface area contributed by atoms with Crippen molar-refractivity contribution < 1.29 is 4.39 Å². The summed E-state index contributed by atoms with van der Waals surface area (Å²) in [6.45, 7) is 7.87.